The summed E-state index contributed by atoms with van der Waals surface area (Å²) < 4.78 is 3.50. The van der Waals surface area contributed by atoms with E-state index in [1.807, 2.05) is 28.2 Å². The topological polar surface area (TPSA) is 6.02 Å². The Balaban J connectivity index is -0.0000000300. The zero-order valence-electron chi connectivity index (χ0n) is 7.06. The van der Waals surface area contributed by atoms with Crippen molar-refractivity contribution in [3.8, 4) is 0 Å². The summed E-state index contributed by atoms with van der Waals surface area (Å²) in [6.45, 7) is 6.94. The van der Waals surface area contributed by atoms with E-state index in [4.69, 9.17) is 0 Å². The fraction of sp³-hybridized carbons (Fsp3) is 0.667. The lowest BCUT2D eigenvalue weighted by molar-refractivity contribution is -0.454. The molecule has 0 rings (SSSR count). The molecule has 0 unspecified atom stereocenters. The van der Waals surface area contributed by atoms with E-state index in [0.29, 0.717) is 0 Å². The van der Waals surface area contributed by atoms with Gasteiger partial charge in [0, 0.05) is 0 Å². The smallest absolute Gasteiger partial charge is 0.131 e. The van der Waals surface area contributed by atoms with Gasteiger partial charge in [0.15, 0.2) is 0 Å². The fourth-order valence-electron chi connectivity index (χ4n) is 0. The van der Waals surface area contributed by atoms with Crippen LogP contribution in [0.5, 0.6) is 0 Å². The molecule has 0 aliphatic heterocycles. The van der Waals surface area contributed by atoms with Crippen LogP contribution < -0.4 is 36.4 Å². The van der Waals surface area contributed by atoms with Crippen LogP contribution in [0.25, 0.3) is 0 Å². The second-order valence-electron chi connectivity index (χ2n) is 2.16. The zero-order chi connectivity index (χ0) is 7.15. The van der Waals surface area contributed by atoms with Crippen molar-refractivity contribution in [2.75, 3.05) is 28.2 Å². The summed E-state index contributed by atoms with van der Waals surface area (Å²) in [6, 6.07) is 0. The maximum Gasteiger partial charge on any atom is 0.131 e. The fourth-order valence-corrected chi connectivity index (χ4v) is 0. The molecule has 64 valence electrons. The molecule has 0 spiro atoms. The van der Waals surface area contributed by atoms with E-state index in [2.05, 4.69) is 13.4 Å². The van der Waals surface area contributed by atoms with Gasteiger partial charge in [-0.3, -0.25) is 0 Å². The van der Waals surface area contributed by atoms with Gasteiger partial charge in [0.25, 0.3) is 0 Å². The Kier molecular flexibility index (Phi) is 36.3. The average Bonchev–Trinajstić information content (AvgIpc) is 1.25. The highest BCUT2D eigenvalue weighted by Gasteiger charge is 1.54. The molecule has 0 fully saturated rings. The molecule has 0 saturated carbocycles. The first-order valence-corrected chi connectivity index (χ1v) is 2.42. The maximum absolute atomic E-state index is 3.47. The Morgan fingerprint density at radius 1 is 0.800 bits per heavy atom. The quantitative estimate of drug-likeness (QED) is 0.236. The minimum atomic E-state index is 0. The summed E-state index contributed by atoms with van der Waals surface area (Å²) in [6.07, 6.45) is 0. The molecule has 0 heterocycles. The first-order chi connectivity index (χ1) is 3.46. The highest BCUT2D eigenvalue weighted by Crippen LogP contribution is 1.31. The molecule has 0 aliphatic carbocycles. The minimum Gasteiger partial charge on any atom is -1.00 e. The number of rotatable bonds is 0. The molecule has 0 amide bonds. The second kappa shape index (κ2) is 16.2. The van der Waals surface area contributed by atoms with Crippen molar-refractivity contribution < 1.29 is 45.5 Å². The van der Waals surface area contributed by atoms with Crippen LogP contribution in [0.1, 0.15) is 0 Å². The highest BCUT2D eigenvalue weighted by molar-refractivity contribution is 5.13. The largest absolute Gasteiger partial charge is 1.00 e. The average molecular weight is 279 g/mol. The van der Waals surface area contributed by atoms with Gasteiger partial charge in [0.1, 0.15) is 41.6 Å². The van der Waals surface area contributed by atoms with E-state index in [9.17, 15) is 0 Å². The van der Waals surface area contributed by atoms with Crippen LogP contribution in [0, 0.1) is 0 Å². The van der Waals surface area contributed by atoms with Crippen molar-refractivity contribution in [1.29, 1.82) is 0 Å². The van der Waals surface area contributed by atoms with E-state index >= 15 is 0 Å². The third-order valence-corrected chi connectivity index (χ3v) is 0. The van der Waals surface area contributed by atoms with Gasteiger partial charge < -0.3 is 36.4 Å². The normalized spacial score (nSPS) is 5.20. The van der Waals surface area contributed by atoms with Crippen molar-refractivity contribution in [2.45, 2.75) is 0 Å². The number of hydrogen-bond acceptors (Lipinski definition) is 0. The van der Waals surface area contributed by atoms with Crippen molar-refractivity contribution >= 4 is 13.4 Å². The summed E-state index contributed by atoms with van der Waals surface area (Å²) in [5, 5.41) is 0. The summed E-state index contributed by atoms with van der Waals surface area (Å²) >= 11 is 0. The molecule has 0 atom stereocenters. The molecule has 0 N–H and O–H groups in total. The lowest BCUT2D eigenvalue weighted by Gasteiger charge is -1.65. The molecule has 0 aromatic heterocycles. The standard InChI is InChI=1S/2C3H8N.ClH.HI/c2*1-4(2)3;;/h2*1H2,2-3H3;2*1H/q2*+1;;/p-2. The van der Waals surface area contributed by atoms with Crippen molar-refractivity contribution in [3.05, 3.63) is 0 Å². The van der Waals surface area contributed by atoms with E-state index in [0.717, 1.165) is 0 Å². The Bertz CT molecular complexity index is 73.7. The molecule has 10 heavy (non-hydrogen) atoms. The van der Waals surface area contributed by atoms with Gasteiger partial charge in [0.05, 0.1) is 0 Å². The van der Waals surface area contributed by atoms with Crippen LogP contribution in [0.3, 0.4) is 0 Å². The Morgan fingerprint density at radius 2 is 0.800 bits per heavy atom. The number of hydrogen-bond donors (Lipinski definition) is 0. The predicted octanol–water partition coefficient (Wildman–Crippen LogP) is -6.07. The number of halogens is 2. The van der Waals surface area contributed by atoms with Crippen molar-refractivity contribution in [1.82, 2.24) is 0 Å². The van der Waals surface area contributed by atoms with Gasteiger partial charge in [-0.15, -0.1) is 0 Å². The van der Waals surface area contributed by atoms with Crippen LogP contribution in [0.4, 0.5) is 0 Å². The Morgan fingerprint density at radius 3 is 0.800 bits per heavy atom. The lowest BCUT2D eigenvalue weighted by Crippen LogP contribution is -3.00. The first-order valence-electron chi connectivity index (χ1n) is 2.42. The molecule has 0 aromatic carbocycles. The van der Waals surface area contributed by atoms with E-state index in [1.54, 1.807) is 9.15 Å². The van der Waals surface area contributed by atoms with E-state index in [1.165, 1.54) is 0 Å². The van der Waals surface area contributed by atoms with Crippen LogP contribution >= 0.6 is 0 Å². The molecule has 4 heteroatoms. The summed E-state index contributed by atoms with van der Waals surface area (Å²) in [5.74, 6) is 0. The molecular weight excluding hydrogens is 262 g/mol. The summed E-state index contributed by atoms with van der Waals surface area (Å²) in [7, 11) is 7.56. The van der Waals surface area contributed by atoms with E-state index in [-0.39, 0.29) is 36.4 Å². The van der Waals surface area contributed by atoms with Gasteiger partial charge in [-0.2, -0.15) is 0 Å². The van der Waals surface area contributed by atoms with Gasteiger partial charge in [-0.25, -0.2) is 9.15 Å². The third kappa shape index (κ3) is 3490. The van der Waals surface area contributed by atoms with Crippen molar-refractivity contribution in [3.63, 3.8) is 0 Å². The van der Waals surface area contributed by atoms with Crippen molar-refractivity contribution in [2.24, 2.45) is 0 Å². The first kappa shape index (κ1) is 22.4. The van der Waals surface area contributed by atoms with Gasteiger partial charge in [-0.05, 0) is 0 Å². The van der Waals surface area contributed by atoms with E-state index < -0.39 is 0 Å². The number of nitrogens with zero attached hydrogens (tertiary/aromatic N) is 2. The van der Waals surface area contributed by atoms with Gasteiger partial charge in [-0.1, -0.05) is 0 Å². The van der Waals surface area contributed by atoms with Gasteiger partial charge >= 0.3 is 0 Å². The Hall–Kier alpha value is 0.360. The van der Waals surface area contributed by atoms with Crippen LogP contribution in [-0.4, -0.2) is 50.8 Å². The maximum atomic E-state index is 3.47. The molecule has 0 radical (unpaired) electrons. The lowest BCUT2D eigenvalue weighted by atomic mass is 11.1. The van der Waals surface area contributed by atoms with Crippen LogP contribution in [-0.2, 0) is 0 Å². The molecule has 0 aromatic rings. The third-order valence-electron chi connectivity index (χ3n) is 0. The Labute approximate surface area is 87.1 Å². The zero-order valence-corrected chi connectivity index (χ0v) is 9.98. The van der Waals surface area contributed by atoms with Crippen LogP contribution in [0.2, 0.25) is 0 Å². The SMILES string of the molecule is C=[N+](C)C.C=[N+](C)C.[Cl-].[I-]. The van der Waals surface area contributed by atoms with Crippen LogP contribution in [0.15, 0.2) is 0 Å². The molecule has 2 nitrogen and oxygen atoms in total. The predicted molar refractivity (Wildman–Crippen MR) is 38.5 cm³/mol. The second-order valence-corrected chi connectivity index (χ2v) is 2.16. The molecular formula is C6H16ClIN2. The molecule has 0 aliphatic rings. The van der Waals surface area contributed by atoms with Gasteiger partial charge in [0.2, 0.25) is 0 Å². The minimum absolute atomic E-state index is 0. The summed E-state index contributed by atoms with van der Waals surface area (Å²) in [5.41, 5.74) is 0. The molecule has 0 bridgehead atoms. The molecule has 0 saturated heterocycles. The summed E-state index contributed by atoms with van der Waals surface area (Å²) in [4.78, 5) is 0. The monoisotopic (exact) mass is 278 g/mol. The highest BCUT2D eigenvalue weighted by atomic mass is 127.